The van der Waals surface area contributed by atoms with Crippen LogP contribution in [-0.4, -0.2) is 41.1 Å². The molecule has 2 N–H and O–H groups in total. The van der Waals surface area contributed by atoms with Crippen LogP contribution in [0.5, 0.6) is 0 Å². The molecule has 3 rings (SSSR count). The van der Waals surface area contributed by atoms with Crippen LogP contribution in [0.25, 0.3) is 11.0 Å². The number of nitrogens with one attached hydrogen (secondary N) is 2. The Morgan fingerprint density at radius 2 is 1.79 bits per heavy atom. The highest BCUT2D eigenvalue weighted by atomic mass is 16.2. The molecule has 0 atom stereocenters. The van der Waals surface area contributed by atoms with Crippen LogP contribution in [-0.2, 0) is 13.0 Å². The molecule has 0 saturated heterocycles. The molecule has 0 radical (unpaired) electrons. The molecule has 0 bridgehead atoms. The summed E-state index contributed by atoms with van der Waals surface area (Å²) in [6.45, 7) is 8.77. The Kier molecular flexibility index (Phi) is 7.91. The Bertz CT molecular complexity index is 1270. The smallest absolute Gasteiger partial charge is 0.330 e. The van der Waals surface area contributed by atoms with E-state index in [-0.39, 0.29) is 34.3 Å². The van der Waals surface area contributed by atoms with Crippen molar-refractivity contribution in [2.45, 2.75) is 53.0 Å². The van der Waals surface area contributed by atoms with Gasteiger partial charge in [0.1, 0.15) is 0 Å². The van der Waals surface area contributed by atoms with E-state index in [1.807, 2.05) is 41.8 Å². The Balaban J connectivity index is 1.85. The second kappa shape index (κ2) is 10.7. The molecule has 0 aliphatic rings. The van der Waals surface area contributed by atoms with Crippen molar-refractivity contribution >= 4 is 22.6 Å². The van der Waals surface area contributed by atoms with Gasteiger partial charge in [0.25, 0.3) is 11.5 Å². The zero-order valence-corrected chi connectivity index (χ0v) is 20.9. The van der Waals surface area contributed by atoms with E-state index < -0.39 is 11.2 Å². The summed E-state index contributed by atoms with van der Waals surface area (Å²) in [5, 5.41) is 3.10. The summed E-state index contributed by atoms with van der Waals surface area (Å²) in [4.78, 5) is 47.4. The maximum absolute atomic E-state index is 13.2. The highest BCUT2D eigenvalue weighted by Crippen LogP contribution is 2.20. The number of carbonyl (C=O) groups is 1. The molecular weight excluding hydrogens is 430 g/mol. The topological polar surface area (TPSA) is 100 Å². The first-order valence-corrected chi connectivity index (χ1v) is 11.8. The first-order valence-electron chi connectivity index (χ1n) is 11.8. The number of hydrogen-bond donors (Lipinski definition) is 2. The van der Waals surface area contributed by atoms with Crippen molar-refractivity contribution in [3.8, 4) is 0 Å². The van der Waals surface area contributed by atoms with Gasteiger partial charge in [0.2, 0.25) is 0 Å². The molecule has 1 aromatic carbocycles. The molecule has 0 aliphatic heterocycles. The fourth-order valence-electron chi connectivity index (χ4n) is 3.85. The van der Waals surface area contributed by atoms with Crippen molar-refractivity contribution in [2.24, 2.45) is 5.92 Å². The maximum atomic E-state index is 13.2. The van der Waals surface area contributed by atoms with Crippen molar-refractivity contribution < 1.29 is 4.79 Å². The van der Waals surface area contributed by atoms with Gasteiger partial charge in [0, 0.05) is 38.6 Å². The average molecular weight is 466 g/mol. The highest BCUT2D eigenvalue weighted by molar-refractivity contribution is 6.05. The van der Waals surface area contributed by atoms with Gasteiger partial charge in [-0.15, -0.1) is 0 Å². The van der Waals surface area contributed by atoms with Crippen LogP contribution in [0, 0.1) is 5.92 Å². The van der Waals surface area contributed by atoms with Gasteiger partial charge in [-0.05, 0) is 48.4 Å². The summed E-state index contributed by atoms with van der Waals surface area (Å²) in [6, 6.07) is 10.0. The second-order valence-corrected chi connectivity index (χ2v) is 9.63. The van der Waals surface area contributed by atoms with E-state index in [1.54, 1.807) is 6.07 Å². The Hall–Kier alpha value is -3.42. The summed E-state index contributed by atoms with van der Waals surface area (Å²) in [5.74, 6) is -0.138. The summed E-state index contributed by atoms with van der Waals surface area (Å²) < 4.78 is 1.46. The highest BCUT2D eigenvalue weighted by Gasteiger charge is 2.20. The lowest BCUT2D eigenvalue weighted by Gasteiger charge is -2.16. The van der Waals surface area contributed by atoms with Gasteiger partial charge in [0.15, 0.2) is 5.65 Å². The SMILES string of the molecule is CC(C)Cn1c(=O)[nH]c(=O)c2c(C(=O)NCCCc3ccc(N(C)C)cc3)cc(C(C)C)nc21. The lowest BCUT2D eigenvalue weighted by atomic mass is 10.0. The van der Waals surface area contributed by atoms with Crippen LogP contribution in [0.4, 0.5) is 5.69 Å². The fourth-order valence-corrected chi connectivity index (χ4v) is 3.85. The minimum atomic E-state index is -0.589. The van der Waals surface area contributed by atoms with Gasteiger partial charge in [-0.2, -0.15) is 0 Å². The number of anilines is 1. The monoisotopic (exact) mass is 465 g/mol. The number of carbonyl (C=O) groups excluding carboxylic acids is 1. The standard InChI is InChI=1S/C26H35N5O3/c1-16(2)15-31-23-22(25(33)29-26(31)34)20(14-21(28-23)17(3)4)24(32)27-13-7-8-18-9-11-19(12-10-18)30(5)6/h9-12,14,16-17H,7-8,13,15H2,1-6H3,(H,27,32)(H,29,33,34). The van der Waals surface area contributed by atoms with Crippen LogP contribution < -0.4 is 21.5 Å². The number of pyridine rings is 1. The Morgan fingerprint density at radius 1 is 1.12 bits per heavy atom. The van der Waals surface area contributed by atoms with Crippen LogP contribution in [0.1, 0.15) is 61.6 Å². The number of aryl methyl sites for hydroxylation is 1. The first-order chi connectivity index (χ1) is 16.1. The molecule has 3 aromatic rings. The number of aromatic amines is 1. The van der Waals surface area contributed by atoms with E-state index in [2.05, 4.69) is 44.5 Å². The molecule has 2 heterocycles. The van der Waals surface area contributed by atoms with Crippen LogP contribution in [0.3, 0.4) is 0 Å². The minimum absolute atomic E-state index is 0.0305. The van der Waals surface area contributed by atoms with Crippen LogP contribution in [0.15, 0.2) is 39.9 Å². The summed E-state index contributed by atoms with van der Waals surface area (Å²) in [7, 11) is 4.01. The molecule has 8 nitrogen and oxygen atoms in total. The van der Waals surface area contributed by atoms with E-state index in [9.17, 15) is 14.4 Å². The molecule has 1 amide bonds. The molecule has 0 saturated carbocycles. The van der Waals surface area contributed by atoms with Crippen molar-refractivity contribution in [1.82, 2.24) is 19.9 Å². The average Bonchev–Trinajstić information content (AvgIpc) is 2.78. The molecule has 0 spiro atoms. The van der Waals surface area contributed by atoms with Gasteiger partial charge in [-0.3, -0.25) is 19.1 Å². The van der Waals surface area contributed by atoms with Gasteiger partial charge in [-0.25, -0.2) is 9.78 Å². The number of nitrogens with zero attached hydrogens (tertiary/aromatic N) is 3. The van der Waals surface area contributed by atoms with E-state index >= 15 is 0 Å². The molecule has 0 fully saturated rings. The number of aromatic nitrogens is 3. The van der Waals surface area contributed by atoms with Gasteiger partial charge >= 0.3 is 5.69 Å². The van der Waals surface area contributed by atoms with E-state index in [4.69, 9.17) is 0 Å². The molecule has 8 heteroatoms. The lowest BCUT2D eigenvalue weighted by molar-refractivity contribution is 0.0954. The number of hydrogen-bond acceptors (Lipinski definition) is 5. The summed E-state index contributed by atoms with van der Waals surface area (Å²) in [5.41, 5.74) is 2.43. The molecule has 0 unspecified atom stereocenters. The fraction of sp³-hybridized carbons (Fsp3) is 0.462. The van der Waals surface area contributed by atoms with Crippen molar-refractivity contribution in [2.75, 3.05) is 25.5 Å². The van der Waals surface area contributed by atoms with Crippen LogP contribution >= 0.6 is 0 Å². The lowest BCUT2D eigenvalue weighted by Crippen LogP contribution is -2.34. The third-order valence-corrected chi connectivity index (χ3v) is 5.73. The number of H-pyrrole nitrogens is 1. The number of rotatable bonds is 9. The summed E-state index contributed by atoms with van der Waals surface area (Å²) in [6.07, 6.45) is 1.60. The third-order valence-electron chi connectivity index (χ3n) is 5.73. The predicted molar refractivity (Wildman–Crippen MR) is 137 cm³/mol. The maximum Gasteiger partial charge on any atom is 0.330 e. The van der Waals surface area contributed by atoms with Gasteiger partial charge in [-0.1, -0.05) is 39.8 Å². The minimum Gasteiger partial charge on any atom is -0.378 e. The summed E-state index contributed by atoms with van der Waals surface area (Å²) >= 11 is 0. The van der Waals surface area contributed by atoms with Crippen LogP contribution in [0.2, 0.25) is 0 Å². The zero-order valence-electron chi connectivity index (χ0n) is 20.9. The van der Waals surface area contributed by atoms with Crippen molar-refractivity contribution in [3.63, 3.8) is 0 Å². The van der Waals surface area contributed by atoms with E-state index in [0.29, 0.717) is 18.8 Å². The molecule has 34 heavy (non-hydrogen) atoms. The third kappa shape index (κ3) is 5.73. The van der Waals surface area contributed by atoms with E-state index in [1.165, 1.54) is 10.1 Å². The van der Waals surface area contributed by atoms with Gasteiger partial charge in [0.05, 0.1) is 10.9 Å². The molecule has 182 valence electrons. The van der Waals surface area contributed by atoms with Crippen molar-refractivity contribution in [1.29, 1.82) is 0 Å². The zero-order chi connectivity index (χ0) is 25.0. The molecule has 0 aliphatic carbocycles. The normalized spacial score (nSPS) is 11.4. The number of benzene rings is 1. The first kappa shape index (κ1) is 25.2. The van der Waals surface area contributed by atoms with Gasteiger partial charge < -0.3 is 10.2 Å². The molecular formula is C26H35N5O3. The molecule has 2 aromatic heterocycles. The van der Waals surface area contributed by atoms with Crippen molar-refractivity contribution in [3.05, 3.63) is 68.0 Å². The van der Waals surface area contributed by atoms with E-state index in [0.717, 1.165) is 18.5 Å². The number of fused-ring (bicyclic) bond motifs is 1. The number of amides is 1. The quantitative estimate of drug-likeness (QED) is 0.473. The Labute approximate surface area is 200 Å². The Morgan fingerprint density at radius 3 is 2.38 bits per heavy atom. The predicted octanol–water partition coefficient (Wildman–Crippen LogP) is 3.29. The second-order valence-electron chi connectivity index (χ2n) is 9.63. The largest absolute Gasteiger partial charge is 0.378 e.